The zero-order chi connectivity index (χ0) is 16.1. The predicted octanol–water partition coefficient (Wildman–Crippen LogP) is 3.56. The third kappa shape index (κ3) is 3.77. The molecule has 0 unspecified atom stereocenters. The summed E-state index contributed by atoms with van der Waals surface area (Å²) in [5.41, 5.74) is 1.24. The van der Waals surface area contributed by atoms with Gasteiger partial charge in [0.05, 0.1) is 24.0 Å². The normalized spacial score (nSPS) is 9.95. The molecule has 0 aliphatic carbocycles. The van der Waals surface area contributed by atoms with Gasteiger partial charge in [0, 0.05) is 11.9 Å². The van der Waals surface area contributed by atoms with Gasteiger partial charge in [-0.2, -0.15) is 0 Å². The van der Waals surface area contributed by atoms with E-state index >= 15 is 0 Å². The number of amides is 2. The molecule has 0 aliphatic heterocycles. The van der Waals surface area contributed by atoms with E-state index in [-0.39, 0.29) is 11.8 Å². The van der Waals surface area contributed by atoms with Crippen molar-refractivity contribution in [1.29, 1.82) is 0 Å². The Bertz CT molecular complexity index is 716. The van der Waals surface area contributed by atoms with E-state index in [0.29, 0.717) is 27.7 Å². The number of hydrogen-bond acceptors (Lipinski definition) is 3. The molecule has 0 aliphatic rings. The molecule has 0 saturated heterocycles. The zero-order valence-electron chi connectivity index (χ0n) is 12.1. The van der Waals surface area contributed by atoms with Gasteiger partial charge in [0.1, 0.15) is 5.75 Å². The number of benzene rings is 2. The Morgan fingerprint density at radius 2 is 1.77 bits per heavy atom. The number of halogens is 1. The Balaban J connectivity index is 2.30. The molecule has 0 saturated carbocycles. The number of anilines is 2. The number of methoxy groups -OCH3 is 1. The molecule has 0 fully saturated rings. The van der Waals surface area contributed by atoms with Crippen LogP contribution in [0.2, 0.25) is 5.02 Å². The van der Waals surface area contributed by atoms with E-state index in [1.54, 1.807) is 42.5 Å². The van der Waals surface area contributed by atoms with Crippen LogP contribution in [0.3, 0.4) is 0 Å². The second-order valence-electron chi connectivity index (χ2n) is 4.53. The molecular formula is C16H15ClN2O3. The summed E-state index contributed by atoms with van der Waals surface area (Å²) in [6, 6.07) is 11.7. The molecule has 0 radical (unpaired) electrons. The lowest BCUT2D eigenvalue weighted by molar-refractivity contribution is -0.114. The van der Waals surface area contributed by atoms with Gasteiger partial charge >= 0.3 is 0 Å². The molecule has 2 rings (SSSR count). The number of nitrogens with one attached hydrogen (secondary N) is 2. The van der Waals surface area contributed by atoms with Crippen LogP contribution in [0.15, 0.2) is 42.5 Å². The molecule has 0 aromatic heterocycles. The summed E-state index contributed by atoms with van der Waals surface area (Å²) in [6.45, 7) is 1.38. The van der Waals surface area contributed by atoms with E-state index in [4.69, 9.17) is 16.3 Å². The summed E-state index contributed by atoms with van der Waals surface area (Å²) < 4.78 is 5.19. The fourth-order valence-electron chi connectivity index (χ4n) is 1.95. The highest BCUT2D eigenvalue weighted by molar-refractivity contribution is 6.31. The van der Waals surface area contributed by atoms with Gasteiger partial charge in [-0.1, -0.05) is 23.7 Å². The van der Waals surface area contributed by atoms with Crippen molar-refractivity contribution in [1.82, 2.24) is 0 Å². The SMILES string of the molecule is COc1ccc(Cl)cc1NC(=O)c1ccccc1NC(C)=O. The molecule has 0 atom stereocenters. The highest BCUT2D eigenvalue weighted by Crippen LogP contribution is 2.28. The standard InChI is InChI=1S/C16H15ClN2O3/c1-10(20)18-13-6-4-3-5-12(13)16(21)19-14-9-11(17)7-8-15(14)22-2/h3-9H,1-2H3,(H,18,20)(H,19,21). The zero-order valence-corrected chi connectivity index (χ0v) is 12.9. The van der Waals surface area contributed by atoms with E-state index < -0.39 is 0 Å². The van der Waals surface area contributed by atoms with E-state index in [0.717, 1.165) is 0 Å². The monoisotopic (exact) mass is 318 g/mol. The maximum absolute atomic E-state index is 12.4. The smallest absolute Gasteiger partial charge is 0.257 e. The number of rotatable bonds is 4. The van der Waals surface area contributed by atoms with Crippen molar-refractivity contribution in [2.75, 3.05) is 17.7 Å². The van der Waals surface area contributed by atoms with Gasteiger partial charge in [0.25, 0.3) is 5.91 Å². The molecule has 0 spiro atoms. The van der Waals surface area contributed by atoms with Crippen molar-refractivity contribution in [3.63, 3.8) is 0 Å². The largest absolute Gasteiger partial charge is 0.495 e. The van der Waals surface area contributed by atoms with Crippen LogP contribution in [-0.4, -0.2) is 18.9 Å². The number of carbonyl (C=O) groups excluding carboxylic acids is 2. The molecule has 5 nitrogen and oxygen atoms in total. The first-order chi connectivity index (χ1) is 10.5. The fraction of sp³-hybridized carbons (Fsp3) is 0.125. The van der Waals surface area contributed by atoms with Crippen LogP contribution in [0.1, 0.15) is 17.3 Å². The minimum atomic E-state index is -0.370. The molecular weight excluding hydrogens is 304 g/mol. The summed E-state index contributed by atoms with van der Waals surface area (Å²) in [6.07, 6.45) is 0. The average molecular weight is 319 g/mol. The Kier molecular flexibility index (Phi) is 5.01. The van der Waals surface area contributed by atoms with Crippen molar-refractivity contribution in [2.24, 2.45) is 0 Å². The molecule has 0 bridgehead atoms. The van der Waals surface area contributed by atoms with Crippen molar-refractivity contribution < 1.29 is 14.3 Å². The number of carbonyl (C=O) groups is 2. The van der Waals surface area contributed by atoms with Crippen LogP contribution in [0.5, 0.6) is 5.75 Å². The Morgan fingerprint density at radius 3 is 2.45 bits per heavy atom. The van der Waals surface area contributed by atoms with Gasteiger partial charge in [0.2, 0.25) is 5.91 Å². The van der Waals surface area contributed by atoms with Gasteiger partial charge in [-0.25, -0.2) is 0 Å². The molecule has 2 N–H and O–H groups in total. The minimum Gasteiger partial charge on any atom is -0.495 e. The Morgan fingerprint density at radius 1 is 1.05 bits per heavy atom. The van der Waals surface area contributed by atoms with Crippen LogP contribution in [0.25, 0.3) is 0 Å². The van der Waals surface area contributed by atoms with Crippen LogP contribution in [0.4, 0.5) is 11.4 Å². The first-order valence-electron chi connectivity index (χ1n) is 6.52. The first-order valence-corrected chi connectivity index (χ1v) is 6.90. The Hall–Kier alpha value is -2.53. The molecule has 114 valence electrons. The Labute approximate surface area is 133 Å². The lowest BCUT2D eigenvalue weighted by atomic mass is 10.1. The maximum atomic E-state index is 12.4. The molecule has 0 heterocycles. The number of para-hydroxylation sites is 1. The lowest BCUT2D eigenvalue weighted by Crippen LogP contribution is -2.16. The van der Waals surface area contributed by atoms with Crippen molar-refractivity contribution in [3.8, 4) is 5.75 Å². The third-order valence-corrected chi connectivity index (χ3v) is 3.13. The highest BCUT2D eigenvalue weighted by Gasteiger charge is 2.14. The van der Waals surface area contributed by atoms with Crippen LogP contribution in [-0.2, 0) is 4.79 Å². The molecule has 22 heavy (non-hydrogen) atoms. The molecule has 2 aromatic carbocycles. The summed E-state index contributed by atoms with van der Waals surface area (Å²) in [5, 5.41) is 5.83. The van der Waals surface area contributed by atoms with Gasteiger partial charge < -0.3 is 15.4 Å². The van der Waals surface area contributed by atoms with Crippen molar-refractivity contribution in [2.45, 2.75) is 6.92 Å². The van der Waals surface area contributed by atoms with E-state index in [1.807, 2.05) is 0 Å². The first kappa shape index (κ1) is 15.9. The molecule has 6 heteroatoms. The van der Waals surface area contributed by atoms with Crippen molar-refractivity contribution >= 4 is 34.8 Å². The summed E-state index contributed by atoms with van der Waals surface area (Å²) in [4.78, 5) is 23.6. The maximum Gasteiger partial charge on any atom is 0.257 e. The van der Waals surface area contributed by atoms with Gasteiger partial charge in [-0.3, -0.25) is 9.59 Å². The number of ether oxygens (including phenoxy) is 1. The summed E-state index contributed by atoms with van der Waals surface area (Å²) >= 11 is 5.94. The minimum absolute atomic E-state index is 0.249. The molecule has 2 aromatic rings. The van der Waals surface area contributed by atoms with Gasteiger partial charge in [0.15, 0.2) is 0 Å². The van der Waals surface area contributed by atoms with Crippen LogP contribution >= 0.6 is 11.6 Å². The highest BCUT2D eigenvalue weighted by atomic mass is 35.5. The molecule has 2 amide bonds. The second-order valence-corrected chi connectivity index (χ2v) is 4.96. The average Bonchev–Trinajstić information content (AvgIpc) is 2.47. The summed E-state index contributed by atoms with van der Waals surface area (Å²) in [7, 11) is 1.50. The van der Waals surface area contributed by atoms with Crippen LogP contribution in [0, 0.1) is 0 Å². The van der Waals surface area contributed by atoms with E-state index in [9.17, 15) is 9.59 Å². The summed E-state index contributed by atoms with van der Waals surface area (Å²) in [5.74, 6) is -0.125. The topological polar surface area (TPSA) is 67.4 Å². The van der Waals surface area contributed by atoms with Gasteiger partial charge in [-0.15, -0.1) is 0 Å². The second kappa shape index (κ2) is 6.95. The van der Waals surface area contributed by atoms with Crippen LogP contribution < -0.4 is 15.4 Å². The third-order valence-electron chi connectivity index (χ3n) is 2.89. The fourth-order valence-corrected chi connectivity index (χ4v) is 2.12. The van der Waals surface area contributed by atoms with E-state index in [1.165, 1.54) is 14.0 Å². The van der Waals surface area contributed by atoms with Gasteiger partial charge in [-0.05, 0) is 30.3 Å². The van der Waals surface area contributed by atoms with Crippen molar-refractivity contribution in [3.05, 3.63) is 53.1 Å². The lowest BCUT2D eigenvalue weighted by Gasteiger charge is -2.13. The predicted molar refractivity (Wildman–Crippen MR) is 86.7 cm³/mol. The number of hydrogen-bond donors (Lipinski definition) is 2. The van der Waals surface area contributed by atoms with E-state index in [2.05, 4.69) is 10.6 Å². The quantitative estimate of drug-likeness (QED) is 0.905.